The van der Waals surface area contributed by atoms with Crippen molar-refractivity contribution in [3.8, 4) is 17.2 Å². The molecule has 6 N–H and O–H groups in total. The maximum atomic E-state index is 12.9. The van der Waals surface area contributed by atoms with Crippen LogP contribution in [0.2, 0.25) is 0 Å². The fourth-order valence-corrected chi connectivity index (χ4v) is 4.23. The number of fused-ring (bicyclic) bond motifs is 1. The number of aryl methyl sites for hydroxylation is 1. The van der Waals surface area contributed by atoms with Gasteiger partial charge in [0, 0.05) is 11.1 Å². The van der Waals surface area contributed by atoms with E-state index in [9.17, 15) is 35.1 Å². The fourth-order valence-electron chi connectivity index (χ4n) is 4.23. The number of aliphatic hydroxyl groups is 3. The third-order valence-corrected chi connectivity index (χ3v) is 6.61. The zero-order chi connectivity index (χ0) is 28.6. The van der Waals surface area contributed by atoms with Crippen molar-refractivity contribution < 1.29 is 44.2 Å². The number of aliphatic hydroxyl groups excluding tert-OH is 3. The summed E-state index contributed by atoms with van der Waals surface area (Å²) >= 11 is 0. The standard InChI is InChI=1S/C28H31NO10/c1-12(2)5-6-15-11-16(7-9-18(15)30)26(35)29-20-22(32)17-8-10-19(13(3)25(17)39-27(20)36)38-28-24(34)23(33)21(31)14(4)37-28/h5,7-11,14,21,23-24,28,30-34H,6H2,1-4H3,(H,29,35)/t14?,21-,23+,24?,28+/m1/s1. The summed E-state index contributed by atoms with van der Waals surface area (Å²) in [5.41, 5.74) is 0.501. The smallest absolute Gasteiger partial charge is 0.364 e. The van der Waals surface area contributed by atoms with Gasteiger partial charge < -0.3 is 44.7 Å². The highest BCUT2D eigenvalue weighted by molar-refractivity contribution is 6.06. The van der Waals surface area contributed by atoms with Crippen LogP contribution < -0.4 is 15.7 Å². The minimum absolute atomic E-state index is 0.0249. The Balaban J connectivity index is 1.62. The molecule has 0 bridgehead atoms. The van der Waals surface area contributed by atoms with Crippen LogP contribution in [0.4, 0.5) is 5.69 Å². The molecule has 1 aliphatic rings. The van der Waals surface area contributed by atoms with Crippen LogP contribution >= 0.6 is 0 Å². The number of hydrogen-bond acceptors (Lipinski definition) is 10. The van der Waals surface area contributed by atoms with Crippen molar-refractivity contribution in [1.29, 1.82) is 0 Å². The average Bonchev–Trinajstić information content (AvgIpc) is 2.89. The van der Waals surface area contributed by atoms with E-state index in [1.807, 2.05) is 19.9 Å². The Bertz CT molecular complexity index is 1490. The number of anilines is 1. The SMILES string of the molecule is CC(C)=CCc1cc(C(=O)Nc2c(O)c3ccc(O[C@@H]4OC(C)[C@@H](O)[C@H](O)C4O)c(C)c3oc2=O)ccc1O. The molecule has 0 spiro atoms. The van der Waals surface area contributed by atoms with Crippen molar-refractivity contribution in [2.45, 2.75) is 64.8 Å². The third kappa shape index (κ3) is 5.62. The lowest BCUT2D eigenvalue weighted by Gasteiger charge is -2.39. The number of carbonyl (C=O) groups excluding carboxylic acids is 1. The van der Waals surface area contributed by atoms with Gasteiger partial charge in [0.2, 0.25) is 6.29 Å². The van der Waals surface area contributed by atoms with Crippen molar-refractivity contribution in [1.82, 2.24) is 0 Å². The second-order valence-corrected chi connectivity index (χ2v) is 9.76. The molecule has 2 aromatic carbocycles. The molecule has 208 valence electrons. The summed E-state index contributed by atoms with van der Waals surface area (Å²) in [5, 5.41) is 53.6. The van der Waals surface area contributed by atoms with Crippen LogP contribution in [-0.2, 0) is 11.2 Å². The molecule has 1 aliphatic heterocycles. The molecule has 1 fully saturated rings. The number of nitrogens with one attached hydrogen (secondary N) is 1. The Morgan fingerprint density at radius 2 is 1.79 bits per heavy atom. The first-order valence-corrected chi connectivity index (χ1v) is 12.3. The number of phenols is 1. The first kappa shape index (κ1) is 28.1. The zero-order valence-corrected chi connectivity index (χ0v) is 21.8. The zero-order valence-electron chi connectivity index (χ0n) is 21.8. The second kappa shape index (κ2) is 11.1. The second-order valence-electron chi connectivity index (χ2n) is 9.76. The molecule has 2 heterocycles. The summed E-state index contributed by atoms with van der Waals surface area (Å²) in [5.74, 6) is -1.05. The monoisotopic (exact) mass is 541 g/mol. The quantitative estimate of drug-likeness (QED) is 0.201. The van der Waals surface area contributed by atoms with Gasteiger partial charge in [0.05, 0.1) is 11.5 Å². The molecule has 39 heavy (non-hydrogen) atoms. The number of phenolic OH excluding ortho intramolecular Hbond substituents is 1. The predicted molar refractivity (Wildman–Crippen MR) is 141 cm³/mol. The van der Waals surface area contributed by atoms with Gasteiger partial charge in [-0.15, -0.1) is 0 Å². The minimum Gasteiger partial charge on any atom is -0.508 e. The normalized spacial score (nSPS) is 22.9. The van der Waals surface area contributed by atoms with Gasteiger partial charge in [-0.05, 0) is 70.0 Å². The van der Waals surface area contributed by atoms with E-state index in [-0.39, 0.29) is 33.6 Å². The Labute approximate surface area is 223 Å². The van der Waals surface area contributed by atoms with Crippen LogP contribution in [0.5, 0.6) is 17.2 Å². The van der Waals surface area contributed by atoms with Crippen molar-refractivity contribution in [3.63, 3.8) is 0 Å². The molecule has 2 unspecified atom stereocenters. The summed E-state index contributed by atoms with van der Waals surface area (Å²) in [7, 11) is 0. The van der Waals surface area contributed by atoms with Crippen LogP contribution in [-0.4, -0.2) is 62.1 Å². The van der Waals surface area contributed by atoms with Gasteiger partial charge >= 0.3 is 5.63 Å². The summed E-state index contributed by atoms with van der Waals surface area (Å²) in [6, 6.07) is 7.10. The summed E-state index contributed by atoms with van der Waals surface area (Å²) in [6.45, 7) is 6.88. The largest absolute Gasteiger partial charge is 0.508 e. The van der Waals surface area contributed by atoms with Gasteiger partial charge in [-0.1, -0.05) is 11.6 Å². The van der Waals surface area contributed by atoms with E-state index in [2.05, 4.69) is 5.32 Å². The summed E-state index contributed by atoms with van der Waals surface area (Å²) in [6.07, 6.45) is -4.18. The minimum atomic E-state index is -1.55. The molecule has 5 atom stereocenters. The van der Waals surface area contributed by atoms with Crippen LogP contribution in [0.25, 0.3) is 11.0 Å². The molecule has 1 aromatic heterocycles. The lowest BCUT2D eigenvalue weighted by atomic mass is 10.00. The summed E-state index contributed by atoms with van der Waals surface area (Å²) < 4.78 is 16.6. The van der Waals surface area contributed by atoms with Crippen LogP contribution in [0.3, 0.4) is 0 Å². The first-order chi connectivity index (χ1) is 18.4. The van der Waals surface area contributed by atoms with Crippen LogP contribution in [0.1, 0.15) is 42.3 Å². The summed E-state index contributed by atoms with van der Waals surface area (Å²) in [4.78, 5) is 25.7. The van der Waals surface area contributed by atoms with E-state index in [0.29, 0.717) is 12.0 Å². The molecular formula is C28H31NO10. The third-order valence-electron chi connectivity index (χ3n) is 6.61. The number of allylic oxidation sites excluding steroid dienone is 2. The van der Waals surface area contributed by atoms with Gasteiger partial charge in [-0.2, -0.15) is 0 Å². The van der Waals surface area contributed by atoms with E-state index in [1.54, 1.807) is 6.92 Å². The maximum absolute atomic E-state index is 12.9. The lowest BCUT2D eigenvalue weighted by molar-refractivity contribution is -0.268. The fraction of sp³-hybridized carbons (Fsp3) is 0.357. The molecule has 4 rings (SSSR count). The number of aromatic hydroxyl groups is 2. The highest BCUT2D eigenvalue weighted by Crippen LogP contribution is 2.36. The van der Waals surface area contributed by atoms with E-state index in [0.717, 1.165) is 5.57 Å². The molecular weight excluding hydrogens is 510 g/mol. The number of carbonyl (C=O) groups is 1. The number of amides is 1. The van der Waals surface area contributed by atoms with Gasteiger partial charge in [-0.3, -0.25) is 4.79 Å². The van der Waals surface area contributed by atoms with E-state index >= 15 is 0 Å². The van der Waals surface area contributed by atoms with Crippen LogP contribution in [0.15, 0.2) is 51.2 Å². The maximum Gasteiger partial charge on any atom is 0.364 e. The highest BCUT2D eigenvalue weighted by Gasteiger charge is 2.43. The van der Waals surface area contributed by atoms with Crippen molar-refractivity contribution in [3.05, 3.63) is 69.1 Å². The molecule has 1 amide bonds. The van der Waals surface area contributed by atoms with Crippen molar-refractivity contribution in [2.24, 2.45) is 0 Å². The number of rotatable bonds is 6. The van der Waals surface area contributed by atoms with Gasteiger partial charge in [0.25, 0.3) is 5.91 Å². The highest BCUT2D eigenvalue weighted by atomic mass is 16.7. The Hall–Kier alpha value is -3.90. The molecule has 11 heteroatoms. The van der Waals surface area contributed by atoms with E-state index in [4.69, 9.17) is 13.9 Å². The molecule has 1 saturated heterocycles. The number of benzene rings is 2. The number of hydrogen-bond donors (Lipinski definition) is 6. The predicted octanol–water partition coefficient (Wildman–Crippen LogP) is 2.48. The molecule has 0 aliphatic carbocycles. The average molecular weight is 542 g/mol. The first-order valence-electron chi connectivity index (χ1n) is 12.3. The van der Waals surface area contributed by atoms with Crippen molar-refractivity contribution in [2.75, 3.05) is 5.32 Å². The topological polar surface area (TPSA) is 179 Å². The molecule has 0 radical (unpaired) electrons. The van der Waals surface area contributed by atoms with E-state index in [1.165, 1.54) is 37.3 Å². The van der Waals surface area contributed by atoms with Crippen LogP contribution in [0, 0.1) is 6.92 Å². The van der Waals surface area contributed by atoms with Crippen molar-refractivity contribution >= 4 is 22.6 Å². The number of ether oxygens (including phenoxy) is 2. The van der Waals surface area contributed by atoms with E-state index < -0.39 is 53.7 Å². The Morgan fingerprint density at radius 1 is 1.08 bits per heavy atom. The Kier molecular flexibility index (Phi) is 7.98. The van der Waals surface area contributed by atoms with Gasteiger partial charge in [-0.25, -0.2) is 4.79 Å². The Morgan fingerprint density at radius 3 is 2.49 bits per heavy atom. The molecule has 11 nitrogen and oxygen atoms in total. The molecule has 3 aromatic rings. The van der Waals surface area contributed by atoms with Gasteiger partial charge in [0.15, 0.2) is 11.4 Å². The lowest BCUT2D eigenvalue weighted by Crippen LogP contribution is -2.58. The molecule has 0 saturated carbocycles. The van der Waals surface area contributed by atoms with Gasteiger partial charge in [0.1, 0.15) is 35.4 Å².